The Labute approximate surface area is 191 Å². The van der Waals surface area contributed by atoms with Crippen LogP contribution < -0.4 is 20.2 Å². The summed E-state index contributed by atoms with van der Waals surface area (Å²) in [5.74, 6) is 1.59. The molecule has 0 aliphatic heterocycles. The maximum atomic E-state index is 12.8. The van der Waals surface area contributed by atoms with Crippen molar-refractivity contribution in [2.75, 3.05) is 19.5 Å². The highest BCUT2D eigenvalue weighted by molar-refractivity contribution is 6.05. The highest BCUT2D eigenvalue weighted by atomic mass is 16.5. The van der Waals surface area contributed by atoms with Crippen LogP contribution in [-0.2, 0) is 0 Å². The molecule has 1 amide bonds. The van der Waals surface area contributed by atoms with E-state index in [-0.39, 0.29) is 11.3 Å². The molecule has 168 valence electrons. The number of nitrogens with one attached hydrogen (secondary N) is 1. The van der Waals surface area contributed by atoms with Crippen LogP contribution in [0.25, 0.3) is 22.3 Å². The molecule has 0 unspecified atom stereocenters. The summed E-state index contributed by atoms with van der Waals surface area (Å²) in [5, 5.41) is 3.20. The molecule has 0 aliphatic carbocycles. The summed E-state index contributed by atoms with van der Waals surface area (Å²) < 4.78 is 16.5. The third kappa shape index (κ3) is 4.60. The number of rotatable bonds is 6. The lowest BCUT2D eigenvalue weighted by atomic mass is 10.0. The molecule has 6 nitrogen and oxygen atoms in total. The van der Waals surface area contributed by atoms with Crippen LogP contribution in [0.5, 0.6) is 11.5 Å². The van der Waals surface area contributed by atoms with Crippen molar-refractivity contribution in [3.8, 4) is 22.8 Å². The minimum absolute atomic E-state index is 0.179. The highest BCUT2D eigenvalue weighted by Crippen LogP contribution is 2.29. The van der Waals surface area contributed by atoms with Gasteiger partial charge in [0.05, 0.1) is 19.6 Å². The predicted octanol–water partition coefficient (Wildman–Crippen LogP) is 5.85. The molecular weight excluding hydrogens is 418 g/mol. The monoisotopic (exact) mass is 443 g/mol. The number of anilines is 1. The van der Waals surface area contributed by atoms with E-state index < -0.39 is 0 Å². The van der Waals surface area contributed by atoms with Gasteiger partial charge in [0.1, 0.15) is 11.3 Å². The number of hydrogen-bond acceptors (Lipinski definition) is 5. The standard InChI is InChI=1S/C27H25NO5/c1-16(2)17-5-7-18(8-6-17)25-15-22(29)21-14-20(10-12-23(21)33-25)28-27(30)19-9-11-24(31-3)26(13-19)32-4/h5-16H,1-4H3,(H,28,30). The van der Waals surface area contributed by atoms with E-state index in [0.29, 0.717) is 45.4 Å². The second kappa shape index (κ2) is 9.20. The third-order valence-electron chi connectivity index (χ3n) is 5.49. The molecule has 33 heavy (non-hydrogen) atoms. The summed E-state index contributed by atoms with van der Waals surface area (Å²) >= 11 is 0. The summed E-state index contributed by atoms with van der Waals surface area (Å²) in [7, 11) is 3.04. The molecule has 0 saturated carbocycles. The van der Waals surface area contributed by atoms with Gasteiger partial charge in [0.15, 0.2) is 16.9 Å². The fraction of sp³-hybridized carbons (Fsp3) is 0.185. The van der Waals surface area contributed by atoms with Crippen LogP contribution in [0.1, 0.15) is 35.7 Å². The van der Waals surface area contributed by atoms with Gasteiger partial charge in [-0.1, -0.05) is 38.1 Å². The van der Waals surface area contributed by atoms with Gasteiger partial charge < -0.3 is 19.2 Å². The first-order valence-corrected chi connectivity index (χ1v) is 10.6. The molecule has 0 saturated heterocycles. The Hall–Kier alpha value is -4.06. The van der Waals surface area contributed by atoms with Crippen molar-refractivity contribution in [2.24, 2.45) is 0 Å². The Morgan fingerprint density at radius 2 is 1.61 bits per heavy atom. The van der Waals surface area contributed by atoms with Gasteiger partial charge in [0, 0.05) is 22.9 Å². The lowest BCUT2D eigenvalue weighted by Crippen LogP contribution is -2.12. The third-order valence-corrected chi connectivity index (χ3v) is 5.49. The zero-order valence-corrected chi connectivity index (χ0v) is 19.0. The zero-order valence-electron chi connectivity index (χ0n) is 19.0. The minimum Gasteiger partial charge on any atom is -0.493 e. The van der Waals surface area contributed by atoms with Gasteiger partial charge in [0.25, 0.3) is 5.91 Å². The minimum atomic E-state index is -0.332. The van der Waals surface area contributed by atoms with Gasteiger partial charge in [0.2, 0.25) is 0 Å². The first-order valence-electron chi connectivity index (χ1n) is 10.6. The van der Waals surface area contributed by atoms with E-state index in [4.69, 9.17) is 13.9 Å². The Morgan fingerprint density at radius 1 is 0.879 bits per heavy atom. The van der Waals surface area contributed by atoms with E-state index >= 15 is 0 Å². The lowest BCUT2D eigenvalue weighted by Gasteiger charge is -2.11. The number of ether oxygens (including phenoxy) is 2. The first-order chi connectivity index (χ1) is 15.9. The summed E-state index contributed by atoms with van der Waals surface area (Å²) in [6.45, 7) is 4.26. The molecule has 1 aromatic heterocycles. The molecule has 0 spiro atoms. The van der Waals surface area contributed by atoms with Gasteiger partial charge >= 0.3 is 0 Å². The predicted molar refractivity (Wildman–Crippen MR) is 130 cm³/mol. The van der Waals surface area contributed by atoms with E-state index in [1.807, 2.05) is 24.3 Å². The topological polar surface area (TPSA) is 77.8 Å². The number of benzene rings is 3. The molecule has 1 N–H and O–H groups in total. The van der Waals surface area contributed by atoms with Gasteiger partial charge in [-0.05, 0) is 47.9 Å². The Bertz CT molecular complexity index is 1370. The quantitative estimate of drug-likeness (QED) is 0.404. The molecule has 4 rings (SSSR count). The van der Waals surface area contributed by atoms with Crippen LogP contribution in [0.4, 0.5) is 5.69 Å². The number of carbonyl (C=O) groups is 1. The van der Waals surface area contributed by atoms with Crippen molar-refractivity contribution >= 4 is 22.6 Å². The number of fused-ring (bicyclic) bond motifs is 1. The summed E-state index contributed by atoms with van der Waals surface area (Å²) in [4.78, 5) is 25.5. The Morgan fingerprint density at radius 3 is 2.27 bits per heavy atom. The number of methoxy groups -OCH3 is 2. The molecule has 3 aromatic carbocycles. The Kier molecular flexibility index (Phi) is 6.18. The number of carbonyl (C=O) groups excluding carboxylic acids is 1. The smallest absolute Gasteiger partial charge is 0.255 e. The fourth-order valence-electron chi connectivity index (χ4n) is 3.59. The average Bonchev–Trinajstić information content (AvgIpc) is 2.83. The van der Waals surface area contributed by atoms with Gasteiger partial charge in [-0.3, -0.25) is 9.59 Å². The maximum Gasteiger partial charge on any atom is 0.255 e. The van der Waals surface area contributed by atoms with Crippen molar-refractivity contribution in [2.45, 2.75) is 19.8 Å². The van der Waals surface area contributed by atoms with Crippen LogP contribution >= 0.6 is 0 Å². The highest BCUT2D eigenvalue weighted by Gasteiger charge is 2.13. The first kappa shape index (κ1) is 22.1. The second-order valence-corrected chi connectivity index (χ2v) is 7.99. The molecule has 0 aliphatic rings. The molecule has 0 radical (unpaired) electrons. The van der Waals surface area contributed by atoms with Crippen LogP contribution in [-0.4, -0.2) is 20.1 Å². The van der Waals surface area contributed by atoms with Crippen LogP contribution in [0, 0.1) is 0 Å². The lowest BCUT2D eigenvalue weighted by molar-refractivity contribution is 0.102. The molecule has 6 heteroatoms. The number of hydrogen-bond donors (Lipinski definition) is 1. The molecule has 0 bridgehead atoms. The van der Waals surface area contributed by atoms with Crippen molar-refractivity contribution < 1.29 is 18.7 Å². The molecule has 1 heterocycles. The largest absolute Gasteiger partial charge is 0.493 e. The molecule has 4 aromatic rings. The van der Waals surface area contributed by atoms with Gasteiger partial charge in [-0.2, -0.15) is 0 Å². The second-order valence-electron chi connectivity index (χ2n) is 7.99. The van der Waals surface area contributed by atoms with Crippen LogP contribution in [0.3, 0.4) is 0 Å². The molecule has 0 atom stereocenters. The zero-order chi connectivity index (χ0) is 23.5. The SMILES string of the molecule is COc1ccc(C(=O)Nc2ccc3oc(-c4ccc(C(C)C)cc4)cc(=O)c3c2)cc1OC. The van der Waals surface area contributed by atoms with E-state index in [9.17, 15) is 9.59 Å². The summed E-state index contributed by atoms with van der Waals surface area (Å²) in [5.41, 5.74) is 3.22. The van der Waals surface area contributed by atoms with Crippen molar-refractivity contribution in [1.29, 1.82) is 0 Å². The number of amides is 1. The average molecular weight is 443 g/mol. The summed E-state index contributed by atoms with van der Waals surface area (Å²) in [6.07, 6.45) is 0. The van der Waals surface area contributed by atoms with Crippen LogP contribution in [0.2, 0.25) is 0 Å². The van der Waals surface area contributed by atoms with E-state index in [1.165, 1.54) is 25.8 Å². The van der Waals surface area contributed by atoms with E-state index in [0.717, 1.165) is 5.56 Å². The fourth-order valence-corrected chi connectivity index (χ4v) is 3.59. The summed E-state index contributed by atoms with van der Waals surface area (Å²) in [6, 6.07) is 19.4. The van der Waals surface area contributed by atoms with Crippen LogP contribution in [0.15, 0.2) is 75.9 Å². The molecule has 0 fully saturated rings. The van der Waals surface area contributed by atoms with Crippen molar-refractivity contribution in [3.63, 3.8) is 0 Å². The van der Waals surface area contributed by atoms with Crippen molar-refractivity contribution in [3.05, 3.63) is 88.1 Å². The van der Waals surface area contributed by atoms with Gasteiger partial charge in [-0.15, -0.1) is 0 Å². The van der Waals surface area contributed by atoms with Gasteiger partial charge in [-0.25, -0.2) is 0 Å². The maximum absolute atomic E-state index is 12.8. The van der Waals surface area contributed by atoms with Crippen molar-refractivity contribution in [1.82, 2.24) is 0 Å². The van der Waals surface area contributed by atoms with E-state index in [1.54, 1.807) is 36.4 Å². The van der Waals surface area contributed by atoms with E-state index in [2.05, 4.69) is 19.2 Å². The molecular formula is C27H25NO5. The Balaban J connectivity index is 1.61. The normalized spacial score (nSPS) is 10.9.